The van der Waals surface area contributed by atoms with E-state index < -0.39 is 0 Å². The van der Waals surface area contributed by atoms with Crippen LogP contribution in [0.2, 0.25) is 0 Å². The number of hydrogen-bond donors (Lipinski definition) is 0. The van der Waals surface area contributed by atoms with E-state index in [0.29, 0.717) is 12.2 Å². The van der Waals surface area contributed by atoms with Crippen LogP contribution < -0.4 is 0 Å². The Labute approximate surface area is 56.4 Å². The second kappa shape index (κ2) is 1.72. The van der Waals surface area contributed by atoms with Gasteiger partial charge in [0.2, 0.25) is 0 Å². The molecule has 1 heterocycles. The lowest BCUT2D eigenvalue weighted by Crippen LogP contribution is -2.10. The molecule has 9 heavy (non-hydrogen) atoms. The van der Waals surface area contributed by atoms with Crippen LogP contribution in [0.5, 0.6) is 0 Å². The topological polar surface area (TPSA) is 12.5 Å². The number of ether oxygens (including phenoxy) is 1. The van der Waals surface area contributed by atoms with Crippen LogP contribution in [0.15, 0.2) is 0 Å². The van der Waals surface area contributed by atoms with Crippen molar-refractivity contribution < 1.29 is 4.74 Å². The summed E-state index contributed by atoms with van der Waals surface area (Å²) < 4.78 is 5.43. The maximum absolute atomic E-state index is 5.43. The van der Waals surface area contributed by atoms with Gasteiger partial charge in [-0.3, -0.25) is 0 Å². The largest absolute Gasteiger partial charge is 0.369 e. The Bertz CT molecular complexity index is 120. The highest BCUT2D eigenvalue weighted by Crippen LogP contribution is 2.45. The number of hydrogen-bond acceptors (Lipinski definition) is 1. The predicted octanol–water partition coefficient (Wildman–Crippen LogP) is 1.82. The van der Waals surface area contributed by atoms with E-state index in [4.69, 9.17) is 4.74 Å². The highest BCUT2D eigenvalue weighted by molar-refractivity contribution is 4.98. The molecule has 1 heteroatoms. The van der Waals surface area contributed by atoms with Crippen molar-refractivity contribution in [2.24, 2.45) is 11.8 Å². The zero-order valence-electron chi connectivity index (χ0n) is 6.13. The second-order valence-electron chi connectivity index (χ2n) is 3.62. The minimum Gasteiger partial charge on any atom is -0.369 e. The molecular weight excluding hydrogens is 112 g/mol. The molecule has 1 saturated carbocycles. The predicted molar refractivity (Wildman–Crippen MR) is 36.2 cm³/mol. The SMILES string of the molecule is CC(C)[C@H]1CC[C@H]2O[C@@H]12. The lowest BCUT2D eigenvalue weighted by Gasteiger charge is -2.13. The minimum absolute atomic E-state index is 0.671. The van der Waals surface area contributed by atoms with Crippen molar-refractivity contribution in [2.45, 2.75) is 38.9 Å². The first-order chi connectivity index (χ1) is 4.29. The molecule has 1 aliphatic heterocycles. The minimum atomic E-state index is 0.671. The van der Waals surface area contributed by atoms with Crippen molar-refractivity contribution in [3.05, 3.63) is 0 Å². The van der Waals surface area contributed by atoms with E-state index >= 15 is 0 Å². The summed E-state index contributed by atoms with van der Waals surface area (Å²) in [5.41, 5.74) is 0. The molecule has 0 aromatic heterocycles. The van der Waals surface area contributed by atoms with Crippen LogP contribution in [0, 0.1) is 11.8 Å². The molecule has 0 amide bonds. The molecule has 52 valence electrons. The Hall–Kier alpha value is -0.0400. The summed E-state index contributed by atoms with van der Waals surface area (Å²) in [5.74, 6) is 1.72. The van der Waals surface area contributed by atoms with Gasteiger partial charge in [0, 0.05) is 0 Å². The summed E-state index contributed by atoms with van der Waals surface area (Å²) >= 11 is 0. The van der Waals surface area contributed by atoms with Crippen molar-refractivity contribution in [1.82, 2.24) is 0 Å². The number of rotatable bonds is 1. The fraction of sp³-hybridized carbons (Fsp3) is 1.00. The smallest absolute Gasteiger partial charge is 0.0872 e. The summed E-state index contributed by atoms with van der Waals surface area (Å²) in [6.07, 6.45) is 4.09. The van der Waals surface area contributed by atoms with Crippen LogP contribution in [-0.4, -0.2) is 12.2 Å². The zero-order chi connectivity index (χ0) is 6.43. The Balaban J connectivity index is 1.98. The zero-order valence-corrected chi connectivity index (χ0v) is 6.13. The Morgan fingerprint density at radius 2 is 2.11 bits per heavy atom. The molecule has 2 fully saturated rings. The molecule has 0 N–H and O–H groups in total. The Morgan fingerprint density at radius 1 is 1.33 bits per heavy atom. The van der Waals surface area contributed by atoms with Gasteiger partial charge in [0.15, 0.2) is 0 Å². The third-order valence-electron chi connectivity index (χ3n) is 2.68. The molecule has 1 nitrogen and oxygen atoms in total. The number of fused-ring (bicyclic) bond motifs is 1. The van der Waals surface area contributed by atoms with Gasteiger partial charge in [-0.2, -0.15) is 0 Å². The summed E-state index contributed by atoms with van der Waals surface area (Å²) in [6, 6.07) is 0. The van der Waals surface area contributed by atoms with Gasteiger partial charge >= 0.3 is 0 Å². The summed E-state index contributed by atoms with van der Waals surface area (Å²) in [7, 11) is 0. The first-order valence-corrected chi connectivity index (χ1v) is 3.94. The fourth-order valence-electron chi connectivity index (χ4n) is 2.00. The maximum atomic E-state index is 5.43. The highest BCUT2D eigenvalue weighted by atomic mass is 16.6. The quantitative estimate of drug-likeness (QED) is 0.488. The van der Waals surface area contributed by atoms with Crippen LogP contribution in [0.4, 0.5) is 0 Å². The van der Waals surface area contributed by atoms with Crippen molar-refractivity contribution >= 4 is 0 Å². The molecule has 1 aliphatic carbocycles. The van der Waals surface area contributed by atoms with Crippen molar-refractivity contribution in [3.8, 4) is 0 Å². The summed E-state index contributed by atoms with van der Waals surface area (Å²) in [4.78, 5) is 0. The standard InChI is InChI=1S/C8H14O/c1-5(2)6-3-4-7-8(6)9-7/h5-8H,3-4H2,1-2H3/t6-,7-,8+/m1/s1. The molecule has 0 unspecified atom stereocenters. The molecule has 0 radical (unpaired) electrons. The molecule has 0 aromatic rings. The van der Waals surface area contributed by atoms with Gasteiger partial charge < -0.3 is 4.74 Å². The van der Waals surface area contributed by atoms with E-state index in [2.05, 4.69) is 13.8 Å². The maximum Gasteiger partial charge on any atom is 0.0872 e. The summed E-state index contributed by atoms with van der Waals surface area (Å²) in [5, 5.41) is 0. The van der Waals surface area contributed by atoms with Gasteiger partial charge in [-0.1, -0.05) is 13.8 Å². The second-order valence-corrected chi connectivity index (χ2v) is 3.62. The average molecular weight is 126 g/mol. The van der Waals surface area contributed by atoms with E-state index in [9.17, 15) is 0 Å². The normalized spacial score (nSPS) is 47.7. The van der Waals surface area contributed by atoms with E-state index in [1.807, 2.05) is 0 Å². The van der Waals surface area contributed by atoms with Crippen molar-refractivity contribution in [1.29, 1.82) is 0 Å². The van der Waals surface area contributed by atoms with E-state index in [-0.39, 0.29) is 0 Å². The lowest BCUT2D eigenvalue weighted by molar-refractivity contribution is 0.226. The monoisotopic (exact) mass is 126 g/mol. The number of epoxide rings is 1. The summed E-state index contributed by atoms with van der Waals surface area (Å²) in [6.45, 7) is 4.60. The van der Waals surface area contributed by atoms with Gasteiger partial charge in [0.05, 0.1) is 12.2 Å². The molecule has 1 saturated heterocycles. The van der Waals surface area contributed by atoms with Crippen LogP contribution in [0.25, 0.3) is 0 Å². The molecule has 0 aromatic carbocycles. The van der Waals surface area contributed by atoms with Crippen molar-refractivity contribution in [3.63, 3.8) is 0 Å². The molecule has 2 aliphatic rings. The van der Waals surface area contributed by atoms with E-state index in [1.165, 1.54) is 12.8 Å². The van der Waals surface area contributed by atoms with Crippen LogP contribution in [0.1, 0.15) is 26.7 Å². The van der Waals surface area contributed by atoms with Gasteiger partial charge in [-0.05, 0) is 24.7 Å². The first kappa shape index (κ1) is 5.72. The average Bonchev–Trinajstić information content (AvgIpc) is 2.43. The van der Waals surface area contributed by atoms with Gasteiger partial charge in [0.1, 0.15) is 0 Å². The molecule has 0 bridgehead atoms. The van der Waals surface area contributed by atoms with E-state index in [1.54, 1.807) is 0 Å². The van der Waals surface area contributed by atoms with Crippen LogP contribution in [0.3, 0.4) is 0 Å². The van der Waals surface area contributed by atoms with Gasteiger partial charge in [0.25, 0.3) is 0 Å². The van der Waals surface area contributed by atoms with Crippen LogP contribution in [-0.2, 0) is 4.74 Å². The van der Waals surface area contributed by atoms with Gasteiger partial charge in [-0.15, -0.1) is 0 Å². The lowest BCUT2D eigenvalue weighted by atomic mass is 9.94. The molecule has 2 rings (SSSR count). The first-order valence-electron chi connectivity index (χ1n) is 3.94. The molecule has 0 spiro atoms. The van der Waals surface area contributed by atoms with Crippen LogP contribution >= 0.6 is 0 Å². The Kier molecular flexibility index (Phi) is 1.10. The Morgan fingerprint density at radius 3 is 2.33 bits per heavy atom. The van der Waals surface area contributed by atoms with E-state index in [0.717, 1.165) is 11.8 Å². The van der Waals surface area contributed by atoms with Crippen molar-refractivity contribution in [2.75, 3.05) is 0 Å². The highest BCUT2D eigenvalue weighted by Gasteiger charge is 2.50. The van der Waals surface area contributed by atoms with Gasteiger partial charge in [-0.25, -0.2) is 0 Å². The third kappa shape index (κ3) is 0.787. The fourth-order valence-corrected chi connectivity index (χ4v) is 2.00. The third-order valence-corrected chi connectivity index (χ3v) is 2.68. The molecular formula is C8H14O. The molecule has 3 atom stereocenters.